The van der Waals surface area contributed by atoms with E-state index < -0.39 is 0 Å². The van der Waals surface area contributed by atoms with E-state index in [-0.39, 0.29) is 18.0 Å². The molecule has 1 amide bonds. The topological polar surface area (TPSA) is 95.1 Å². The molecule has 2 aromatic heterocycles. The van der Waals surface area contributed by atoms with Gasteiger partial charge in [0.15, 0.2) is 0 Å². The molecule has 0 aliphatic heterocycles. The number of hydrogen-bond donors (Lipinski definition) is 3. The first-order valence-corrected chi connectivity index (χ1v) is 21.2. The average Bonchev–Trinajstić information content (AvgIpc) is 3.66. The molecule has 3 N–H and O–H groups in total. The molecule has 3 aromatic carbocycles. The van der Waals surface area contributed by atoms with Crippen LogP contribution in [0.2, 0.25) is 0 Å². The van der Waals surface area contributed by atoms with Crippen LogP contribution in [0.1, 0.15) is 113 Å². The Labute approximate surface area is 334 Å². The van der Waals surface area contributed by atoms with Gasteiger partial charge in [0.1, 0.15) is 18.1 Å². The molecule has 56 heavy (non-hydrogen) atoms. The number of amides is 1. The highest BCUT2D eigenvalue weighted by molar-refractivity contribution is 5.77. The zero-order valence-electron chi connectivity index (χ0n) is 34.3. The summed E-state index contributed by atoms with van der Waals surface area (Å²) in [7, 11) is 0. The fourth-order valence-electron chi connectivity index (χ4n) is 7.85. The number of H-pyrrole nitrogens is 1. The third-order valence-electron chi connectivity index (χ3n) is 11.6. The van der Waals surface area contributed by atoms with Crippen LogP contribution in [0.15, 0.2) is 89.9 Å². The second kappa shape index (κ2) is 19.7. The number of nitrogens with zero attached hydrogens (tertiary/aromatic N) is 3. The minimum Gasteiger partial charge on any atom is -0.375 e. The van der Waals surface area contributed by atoms with Gasteiger partial charge in [-0.25, -0.2) is 4.98 Å². The monoisotopic (exact) mass is 754 g/mol. The summed E-state index contributed by atoms with van der Waals surface area (Å²) >= 11 is 0. The third kappa shape index (κ3) is 9.81. The van der Waals surface area contributed by atoms with Gasteiger partial charge in [-0.05, 0) is 121 Å². The Balaban J connectivity index is 0.00000262. The van der Waals surface area contributed by atoms with Crippen molar-refractivity contribution in [2.24, 2.45) is 5.92 Å². The van der Waals surface area contributed by atoms with Crippen LogP contribution in [0.25, 0.3) is 22.5 Å². The lowest BCUT2D eigenvalue weighted by molar-refractivity contribution is -0.121. The maximum atomic E-state index is 14.2. The van der Waals surface area contributed by atoms with Crippen molar-refractivity contribution in [1.82, 2.24) is 19.9 Å². The number of aromatic nitrogens is 3. The van der Waals surface area contributed by atoms with Crippen LogP contribution < -0.4 is 21.1 Å². The quantitative estimate of drug-likeness (QED) is 0.0879. The number of aromatic amines is 1. The van der Waals surface area contributed by atoms with E-state index in [0.29, 0.717) is 30.5 Å². The van der Waals surface area contributed by atoms with Crippen LogP contribution in [0.5, 0.6) is 0 Å². The summed E-state index contributed by atoms with van der Waals surface area (Å²) < 4.78 is 1.51. The molecular weight excluding hydrogens is 693 g/mol. The Hall–Kier alpha value is -5.11. The molecule has 2 saturated carbocycles. The van der Waals surface area contributed by atoms with E-state index in [4.69, 9.17) is 4.98 Å². The standard InChI is InChI=1S/C46H56N6O2.C2H6/c1-4-25-51(26-24-33-10-8-11-33)39-22-18-36(19-23-39)45-49-30-43(46(54)52(45)31-44(53)48-29-38-21-20-37(5-2)50-38)47-28-34-17-16-32(3)42(27-34)41-15-7-6-14-40(41)35-12-9-13-35;1-2/h6-7,14-23,27,30,33,35,47,50H,4-5,8-13,24-26,28-29,31H2,1-3H3,(H,48,53);1-2H3. The lowest BCUT2D eigenvalue weighted by Gasteiger charge is -2.30. The first kappa shape index (κ1) is 40.6. The SMILES string of the molecule is CC.CCCN(CCC1CCC1)c1ccc(-c2ncc(NCc3ccc(C)c(-c4ccccc4C4CCC4)c3)c(=O)n2CC(=O)NCc2ccc(CC)[nH]2)cc1. The molecule has 5 aromatic rings. The smallest absolute Gasteiger partial charge is 0.277 e. The number of anilines is 2. The molecule has 7 rings (SSSR count). The molecule has 2 aliphatic rings. The molecule has 0 bridgehead atoms. The Morgan fingerprint density at radius 2 is 1.62 bits per heavy atom. The molecule has 296 valence electrons. The van der Waals surface area contributed by atoms with Crippen LogP contribution in [-0.4, -0.2) is 33.5 Å². The summed E-state index contributed by atoms with van der Waals surface area (Å²) in [6, 6.07) is 27.7. The first-order chi connectivity index (χ1) is 27.4. The van der Waals surface area contributed by atoms with Crippen LogP contribution in [0.4, 0.5) is 11.4 Å². The predicted molar refractivity (Wildman–Crippen MR) is 232 cm³/mol. The summed E-state index contributed by atoms with van der Waals surface area (Å²) in [5.41, 5.74) is 10.4. The van der Waals surface area contributed by atoms with Gasteiger partial charge in [0.25, 0.3) is 5.56 Å². The van der Waals surface area contributed by atoms with Crippen LogP contribution in [0, 0.1) is 12.8 Å². The fraction of sp³-hybridized carbons (Fsp3) is 0.438. The first-order valence-electron chi connectivity index (χ1n) is 21.2. The summed E-state index contributed by atoms with van der Waals surface area (Å²) in [4.78, 5) is 38.3. The Morgan fingerprint density at radius 3 is 2.30 bits per heavy atom. The maximum Gasteiger partial charge on any atom is 0.277 e. The van der Waals surface area contributed by atoms with E-state index in [9.17, 15) is 9.59 Å². The number of nitrogens with one attached hydrogen (secondary N) is 3. The number of aryl methyl sites for hydroxylation is 2. The summed E-state index contributed by atoms with van der Waals surface area (Å²) in [6.07, 6.45) is 12.7. The number of carbonyl (C=O) groups is 1. The van der Waals surface area contributed by atoms with Crippen molar-refractivity contribution in [3.8, 4) is 22.5 Å². The Bertz CT molecular complexity index is 2090. The minimum absolute atomic E-state index is 0.143. The van der Waals surface area contributed by atoms with Gasteiger partial charge in [0.2, 0.25) is 5.91 Å². The van der Waals surface area contributed by atoms with E-state index in [1.54, 1.807) is 6.20 Å². The van der Waals surface area contributed by atoms with Crippen molar-refractivity contribution in [1.29, 1.82) is 0 Å². The predicted octanol–water partition coefficient (Wildman–Crippen LogP) is 10.4. The summed E-state index contributed by atoms with van der Waals surface area (Å²) in [5, 5.41) is 6.38. The second-order valence-corrected chi connectivity index (χ2v) is 15.4. The van der Waals surface area contributed by atoms with Crippen molar-refractivity contribution < 1.29 is 4.79 Å². The van der Waals surface area contributed by atoms with Crippen molar-refractivity contribution >= 4 is 17.3 Å². The molecular formula is C48H62N6O2. The van der Waals surface area contributed by atoms with Gasteiger partial charge in [0, 0.05) is 42.3 Å². The van der Waals surface area contributed by atoms with E-state index in [1.807, 2.05) is 38.1 Å². The molecule has 0 spiro atoms. The lowest BCUT2D eigenvalue weighted by atomic mass is 9.77. The Kier molecular flexibility index (Phi) is 14.2. The minimum atomic E-state index is -0.275. The Morgan fingerprint density at radius 1 is 0.875 bits per heavy atom. The molecule has 8 heteroatoms. The molecule has 2 heterocycles. The van der Waals surface area contributed by atoms with Gasteiger partial charge in [-0.3, -0.25) is 14.2 Å². The molecule has 0 radical (unpaired) electrons. The number of hydrogen-bond acceptors (Lipinski definition) is 5. The van der Waals surface area contributed by atoms with Crippen molar-refractivity contribution in [3.05, 3.63) is 123 Å². The van der Waals surface area contributed by atoms with Gasteiger partial charge in [0.05, 0.1) is 12.7 Å². The molecule has 0 atom stereocenters. The number of rotatable bonds is 17. The van der Waals surface area contributed by atoms with Crippen LogP contribution in [0.3, 0.4) is 0 Å². The summed E-state index contributed by atoms with van der Waals surface area (Å²) in [6.45, 7) is 13.2. The zero-order valence-corrected chi connectivity index (χ0v) is 34.3. The molecule has 2 aliphatic carbocycles. The average molecular weight is 755 g/mol. The van der Waals surface area contributed by atoms with Crippen molar-refractivity contribution in [2.75, 3.05) is 23.3 Å². The largest absolute Gasteiger partial charge is 0.375 e. The van der Waals surface area contributed by atoms with Gasteiger partial charge in [-0.15, -0.1) is 0 Å². The van der Waals surface area contributed by atoms with Gasteiger partial charge in [-0.1, -0.05) is 89.8 Å². The highest BCUT2D eigenvalue weighted by Crippen LogP contribution is 2.42. The van der Waals surface area contributed by atoms with Gasteiger partial charge < -0.3 is 20.5 Å². The van der Waals surface area contributed by atoms with E-state index in [2.05, 4.69) is 95.9 Å². The highest BCUT2D eigenvalue weighted by Gasteiger charge is 2.23. The molecule has 8 nitrogen and oxygen atoms in total. The van der Waals surface area contributed by atoms with E-state index in [1.165, 1.54) is 77.5 Å². The van der Waals surface area contributed by atoms with Crippen LogP contribution in [-0.2, 0) is 30.8 Å². The number of benzene rings is 3. The van der Waals surface area contributed by atoms with Gasteiger partial charge in [-0.2, -0.15) is 0 Å². The molecule has 0 saturated heterocycles. The second-order valence-electron chi connectivity index (χ2n) is 15.4. The van der Waals surface area contributed by atoms with Gasteiger partial charge >= 0.3 is 0 Å². The van der Waals surface area contributed by atoms with Crippen molar-refractivity contribution in [3.63, 3.8) is 0 Å². The summed E-state index contributed by atoms with van der Waals surface area (Å²) in [5.74, 6) is 1.71. The van der Waals surface area contributed by atoms with Crippen molar-refractivity contribution in [2.45, 2.75) is 118 Å². The number of carbonyl (C=O) groups excluding carboxylic acids is 1. The maximum absolute atomic E-state index is 14.2. The highest BCUT2D eigenvalue weighted by atomic mass is 16.2. The third-order valence-corrected chi connectivity index (χ3v) is 11.6. The van der Waals surface area contributed by atoms with E-state index in [0.717, 1.165) is 54.4 Å². The van der Waals surface area contributed by atoms with E-state index >= 15 is 0 Å². The zero-order chi connectivity index (χ0) is 39.4. The normalized spacial score (nSPS) is 13.9. The lowest BCUT2D eigenvalue weighted by Crippen LogP contribution is -2.34. The molecule has 0 unspecified atom stereocenters. The fourth-order valence-corrected chi connectivity index (χ4v) is 7.85. The molecule has 2 fully saturated rings. The van der Waals surface area contributed by atoms with Crippen LogP contribution >= 0.6 is 0 Å².